The van der Waals surface area contributed by atoms with Crippen molar-refractivity contribution in [3.63, 3.8) is 0 Å². The average Bonchev–Trinajstić information content (AvgIpc) is 3.43. The van der Waals surface area contributed by atoms with Crippen molar-refractivity contribution in [1.29, 1.82) is 0 Å². The summed E-state index contributed by atoms with van der Waals surface area (Å²) in [6, 6.07) is 7.56. The molecule has 146 valence electrons. The molecule has 1 aromatic heterocycles. The van der Waals surface area contributed by atoms with Crippen molar-refractivity contribution < 1.29 is 14.3 Å². The Morgan fingerprint density at radius 3 is 2.86 bits per heavy atom. The van der Waals surface area contributed by atoms with Crippen LogP contribution < -0.4 is 0 Å². The van der Waals surface area contributed by atoms with E-state index in [9.17, 15) is 9.59 Å². The molecule has 4 fully saturated rings. The van der Waals surface area contributed by atoms with E-state index in [-0.39, 0.29) is 17.3 Å². The summed E-state index contributed by atoms with van der Waals surface area (Å²) >= 11 is 1.54. The zero-order chi connectivity index (χ0) is 19.3. The van der Waals surface area contributed by atoms with Gasteiger partial charge in [0.15, 0.2) is 5.78 Å². The lowest BCUT2D eigenvalue weighted by Crippen LogP contribution is -2.51. The molecule has 6 rings (SSSR count). The van der Waals surface area contributed by atoms with Crippen molar-refractivity contribution in [2.24, 2.45) is 11.3 Å². The number of aromatic nitrogens is 1. The van der Waals surface area contributed by atoms with E-state index >= 15 is 0 Å². The van der Waals surface area contributed by atoms with Crippen LogP contribution in [0.4, 0.5) is 0 Å². The molecular formula is C22H24N2O3S. The van der Waals surface area contributed by atoms with Gasteiger partial charge in [0, 0.05) is 28.5 Å². The Labute approximate surface area is 168 Å². The number of ketones is 1. The third kappa shape index (κ3) is 2.90. The summed E-state index contributed by atoms with van der Waals surface area (Å²) in [5.41, 5.74) is 2.27. The molecule has 0 radical (unpaired) electrons. The lowest BCUT2D eigenvalue weighted by Gasteiger charge is -2.43. The summed E-state index contributed by atoms with van der Waals surface area (Å²) in [4.78, 5) is 31.8. The van der Waals surface area contributed by atoms with E-state index in [1.165, 1.54) is 6.42 Å². The standard InChI is InChI=1S/C22H24N2O3S/c1-14(25)16-4-2-3-5-17(16)18-13-28-20(23-18)19-12-24(8-9-27-19)21(26)22-7-6-15(10-22)11-22/h2-5,13,15,19H,6-12H2,1H3/t15?,19-,22?/m1/s1. The number of rotatable bonds is 4. The fraction of sp³-hybridized carbons (Fsp3) is 0.500. The number of hydrogen-bond donors (Lipinski definition) is 0. The Bertz CT molecular complexity index is 926. The molecule has 3 aliphatic carbocycles. The molecule has 4 aliphatic rings. The third-order valence-electron chi connectivity index (χ3n) is 6.58. The molecule has 1 saturated heterocycles. The number of hydrogen-bond acceptors (Lipinski definition) is 5. The molecule has 3 saturated carbocycles. The smallest absolute Gasteiger partial charge is 0.228 e. The second kappa shape index (κ2) is 6.78. The van der Waals surface area contributed by atoms with Gasteiger partial charge in [-0.25, -0.2) is 4.98 Å². The van der Waals surface area contributed by atoms with Crippen molar-refractivity contribution >= 4 is 23.0 Å². The largest absolute Gasteiger partial charge is 0.367 e. The Hall–Kier alpha value is -2.05. The lowest BCUT2D eigenvalue weighted by molar-refractivity contribution is -0.154. The molecule has 0 unspecified atom stereocenters. The molecule has 5 nitrogen and oxygen atoms in total. The van der Waals surface area contributed by atoms with Crippen LogP contribution in [0.5, 0.6) is 0 Å². The van der Waals surface area contributed by atoms with Crippen LogP contribution in [-0.2, 0) is 9.53 Å². The molecule has 1 aromatic carbocycles. The molecule has 28 heavy (non-hydrogen) atoms. The first-order valence-corrected chi connectivity index (χ1v) is 10.9. The number of ether oxygens (including phenoxy) is 1. The number of nitrogens with zero attached hydrogens (tertiary/aromatic N) is 2. The quantitative estimate of drug-likeness (QED) is 0.730. The lowest BCUT2D eigenvalue weighted by atomic mass is 9.68. The van der Waals surface area contributed by atoms with Gasteiger partial charge in [0.2, 0.25) is 5.91 Å². The zero-order valence-electron chi connectivity index (χ0n) is 16.0. The van der Waals surface area contributed by atoms with E-state index < -0.39 is 0 Å². The summed E-state index contributed by atoms with van der Waals surface area (Å²) in [6.07, 6.45) is 4.25. The van der Waals surface area contributed by atoms with Gasteiger partial charge in [-0.1, -0.05) is 24.3 Å². The molecule has 2 bridgehead atoms. The highest BCUT2D eigenvalue weighted by Crippen LogP contribution is 2.59. The van der Waals surface area contributed by atoms with Crippen LogP contribution in [0, 0.1) is 11.3 Å². The maximum Gasteiger partial charge on any atom is 0.228 e. The fourth-order valence-corrected chi connectivity index (χ4v) is 5.96. The highest BCUT2D eigenvalue weighted by atomic mass is 32.1. The van der Waals surface area contributed by atoms with Crippen LogP contribution in [0.15, 0.2) is 29.6 Å². The van der Waals surface area contributed by atoms with Gasteiger partial charge in [0.05, 0.1) is 18.8 Å². The molecule has 2 heterocycles. The minimum Gasteiger partial charge on any atom is -0.367 e. The third-order valence-corrected chi connectivity index (χ3v) is 7.51. The molecule has 0 N–H and O–H groups in total. The van der Waals surface area contributed by atoms with Gasteiger partial charge in [-0.3, -0.25) is 9.59 Å². The summed E-state index contributed by atoms with van der Waals surface area (Å²) in [6.45, 7) is 3.38. The highest BCUT2D eigenvalue weighted by Gasteiger charge is 2.56. The minimum absolute atomic E-state index is 0.0328. The van der Waals surface area contributed by atoms with Gasteiger partial charge in [0.1, 0.15) is 11.1 Å². The Morgan fingerprint density at radius 1 is 1.29 bits per heavy atom. The van der Waals surface area contributed by atoms with Crippen molar-refractivity contribution in [2.75, 3.05) is 19.7 Å². The summed E-state index contributed by atoms with van der Waals surface area (Å²) < 4.78 is 5.97. The van der Waals surface area contributed by atoms with E-state index in [0.717, 1.165) is 41.4 Å². The first kappa shape index (κ1) is 18.0. The fourth-order valence-electron chi connectivity index (χ4n) is 5.11. The van der Waals surface area contributed by atoms with Gasteiger partial charge in [-0.2, -0.15) is 0 Å². The van der Waals surface area contributed by atoms with Crippen LogP contribution in [0.1, 0.15) is 54.1 Å². The van der Waals surface area contributed by atoms with Crippen molar-refractivity contribution in [3.05, 3.63) is 40.2 Å². The number of Topliss-reactive ketones (excluding diaryl/α,β-unsaturated/α-hetero) is 1. The summed E-state index contributed by atoms with van der Waals surface area (Å²) in [5.74, 6) is 1.14. The molecule has 1 atom stereocenters. The highest BCUT2D eigenvalue weighted by molar-refractivity contribution is 7.10. The maximum absolute atomic E-state index is 13.1. The first-order chi connectivity index (χ1) is 13.6. The van der Waals surface area contributed by atoms with Crippen LogP contribution in [0.25, 0.3) is 11.3 Å². The number of carbonyl (C=O) groups excluding carboxylic acids is 2. The van der Waals surface area contributed by atoms with E-state index in [0.29, 0.717) is 31.2 Å². The number of fused-ring (bicyclic) bond motifs is 1. The van der Waals surface area contributed by atoms with Gasteiger partial charge >= 0.3 is 0 Å². The average molecular weight is 397 g/mol. The molecule has 0 spiro atoms. The number of benzene rings is 1. The van der Waals surface area contributed by atoms with E-state index in [1.54, 1.807) is 18.3 Å². The van der Waals surface area contributed by atoms with Gasteiger partial charge < -0.3 is 9.64 Å². The molecular weight excluding hydrogens is 372 g/mol. The summed E-state index contributed by atoms with van der Waals surface area (Å²) in [5, 5.41) is 2.86. The number of morpholine rings is 1. The van der Waals surface area contributed by atoms with Crippen molar-refractivity contribution in [2.45, 2.75) is 38.7 Å². The molecule has 1 aliphatic heterocycles. The summed E-state index contributed by atoms with van der Waals surface area (Å²) in [7, 11) is 0. The maximum atomic E-state index is 13.1. The second-order valence-corrected chi connectivity index (χ2v) is 9.27. The predicted octanol–water partition coefficient (Wildman–Crippen LogP) is 4.10. The van der Waals surface area contributed by atoms with Crippen LogP contribution in [-0.4, -0.2) is 41.3 Å². The second-order valence-electron chi connectivity index (χ2n) is 8.38. The van der Waals surface area contributed by atoms with Crippen LogP contribution >= 0.6 is 11.3 Å². The molecule has 2 aromatic rings. The van der Waals surface area contributed by atoms with Gasteiger partial charge in [-0.05, 0) is 38.5 Å². The Morgan fingerprint density at radius 2 is 2.11 bits per heavy atom. The Balaban J connectivity index is 1.35. The van der Waals surface area contributed by atoms with E-state index in [2.05, 4.69) is 0 Å². The van der Waals surface area contributed by atoms with Crippen molar-refractivity contribution in [3.8, 4) is 11.3 Å². The van der Waals surface area contributed by atoms with Gasteiger partial charge in [-0.15, -0.1) is 11.3 Å². The minimum atomic E-state index is -0.186. The van der Waals surface area contributed by atoms with Gasteiger partial charge in [0.25, 0.3) is 0 Å². The van der Waals surface area contributed by atoms with Crippen molar-refractivity contribution in [1.82, 2.24) is 9.88 Å². The molecule has 6 heteroatoms. The molecule has 1 amide bonds. The van der Waals surface area contributed by atoms with Crippen LogP contribution in [0.3, 0.4) is 0 Å². The number of thiazole rings is 1. The van der Waals surface area contributed by atoms with E-state index in [1.807, 2.05) is 34.5 Å². The van der Waals surface area contributed by atoms with E-state index in [4.69, 9.17) is 9.72 Å². The number of amides is 1. The number of carbonyl (C=O) groups is 2. The SMILES string of the molecule is CC(=O)c1ccccc1-c1csc([C@H]2CN(C(=O)C34CCC(C3)C4)CCO2)n1. The normalized spacial score (nSPS) is 28.8. The zero-order valence-corrected chi connectivity index (χ0v) is 16.8. The Kier molecular flexibility index (Phi) is 4.36. The monoisotopic (exact) mass is 396 g/mol. The predicted molar refractivity (Wildman–Crippen MR) is 107 cm³/mol. The topological polar surface area (TPSA) is 59.5 Å². The van der Waals surface area contributed by atoms with Crippen LogP contribution in [0.2, 0.25) is 0 Å². The first-order valence-electron chi connectivity index (χ1n) is 10.0.